The summed E-state index contributed by atoms with van der Waals surface area (Å²) in [6.07, 6.45) is 2.62. The van der Waals surface area contributed by atoms with E-state index in [1.54, 1.807) is 32.1 Å². The third-order valence-electron chi connectivity index (χ3n) is 3.69. The van der Waals surface area contributed by atoms with E-state index in [2.05, 4.69) is 15.0 Å². The monoisotopic (exact) mass is 443 g/mol. The maximum absolute atomic E-state index is 12.5. The molecule has 9 heteroatoms. The molecule has 2 N–H and O–H groups in total. The van der Waals surface area contributed by atoms with Gasteiger partial charge in [-0.25, -0.2) is 18.1 Å². The Bertz CT molecular complexity index is 934. The summed E-state index contributed by atoms with van der Waals surface area (Å²) in [6.45, 7) is 7.69. The van der Waals surface area contributed by atoms with Gasteiger partial charge in [-0.1, -0.05) is 11.6 Å². The highest BCUT2D eigenvalue weighted by atomic mass is 35.5. The SMILES string of the molecule is Cc1csc(CCCCNC(=O)c2ccc(Cl)c(S(=O)(=O)NC(C)(C)C)c2)n1. The molecule has 28 heavy (non-hydrogen) atoms. The van der Waals surface area contributed by atoms with Crippen molar-refractivity contribution in [3.63, 3.8) is 0 Å². The molecule has 6 nitrogen and oxygen atoms in total. The molecule has 0 unspecified atom stereocenters. The zero-order valence-corrected chi connectivity index (χ0v) is 18.9. The molecule has 0 atom stereocenters. The van der Waals surface area contributed by atoms with Crippen LogP contribution in [0.5, 0.6) is 0 Å². The number of hydrogen-bond acceptors (Lipinski definition) is 5. The van der Waals surface area contributed by atoms with Crippen molar-refractivity contribution in [2.75, 3.05) is 6.54 Å². The minimum atomic E-state index is -3.83. The number of nitrogens with one attached hydrogen (secondary N) is 2. The smallest absolute Gasteiger partial charge is 0.251 e. The van der Waals surface area contributed by atoms with Gasteiger partial charge in [0.2, 0.25) is 10.0 Å². The van der Waals surface area contributed by atoms with Gasteiger partial charge >= 0.3 is 0 Å². The van der Waals surface area contributed by atoms with Gasteiger partial charge in [-0.05, 0) is 65.2 Å². The fraction of sp³-hybridized carbons (Fsp3) is 0.474. The average Bonchev–Trinajstić information content (AvgIpc) is 2.97. The van der Waals surface area contributed by atoms with E-state index < -0.39 is 15.6 Å². The van der Waals surface area contributed by atoms with Crippen molar-refractivity contribution in [2.45, 2.75) is 57.4 Å². The van der Waals surface area contributed by atoms with E-state index in [0.717, 1.165) is 30.0 Å². The van der Waals surface area contributed by atoms with Crippen LogP contribution in [0.1, 0.15) is 54.7 Å². The fourth-order valence-corrected chi connectivity index (χ4v) is 5.29. The zero-order valence-electron chi connectivity index (χ0n) is 16.5. The Kier molecular flexibility index (Phi) is 7.61. The van der Waals surface area contributed by atoms with Crippen LogP contribution < -0.4 is 10.0 Å². The van der Waals surface area contributed by atoms with Gasteiger partial charge in [0.1, 0.15) is 4.90 Å². The Labute approximate surface area is 175 Å². The predicted molar refractivity (Wildman–Crippen MR) is 114 cm³/mol. The number of benzene rings is 1. The lowest BCUT2D eigenvalue weighted by Gasteiger charge is -2.21. The molecule has 1 aromatic carbocycles. The van der Waals surface area contributed by atoms with Crippen LogP contribution >= 0.6 is 22.9 Å². The number of halogens is 1. The molecule has 2 rings (SSSR count). The minimum absolute atomic E-state index is 0.0760. The van der Waals surface area contributed by atoms with Crippen LogP contribution in [0.2, 0.25) is 5.02 Å². The first-order valence-electron chi connectivity index (χ1n) is 9.01. The molecule has 2 aromatic rings. The third kappa shape index (κ3) is 6.84. The molecule has 1 amide bonds. The van der Waals surface area contributed by atoms with Crippen LogP contribution in [-0.2, 0) is 16.4 Å². The predicted octanol–water partition coefficient (Wildman–Crippen LogP) is 3.93. The number of nitrogens with zero attached hydrogens (tertiary/aromatic N) is 1. The van der Waals surface area contributed by atoms with E-state index in [9.17, 15) is 13.2 Å². The number of sulfonamides is 1. The second-order valence-electron chi connectivity index (χ2n) is 7.60. The van der Waals surface area contributed by atoms with Crippen molar-refractivity contribution in [2.24, 2.45) is 0 Å². The lowest BCUT2D eigenvalue weighted by molar-refractivity contribution is 0.0953. The van der Waals surface area contributed by atoms with E-state index in [1.165, 1.54) is 18.2 Å². The van der Waals surface area contributed by atoms with Crippen molar-refractivity contribution in [3.05, 3.63) is 44.9 Å². The summed E-state index contributed by atoms with van der Waals surface area (Å²) in [5.74, 6) is -0.325. The molecule has 0 aliphatic carbocycles. The van der Waals surface area contributed by atoms with Crippen LogP contribution in [0.4, 0.5) is 0 Å². The number of amides is 1. The van der Waals surface area contributed by atoms with Crippen molar-refractivity contribution < 1.29 is 13.2 Å². The quantitative estimate of drug-likeness (QED) is 0.605. The van der Waals surface area contributed by atoms with Crippen molar-refractivity contribution in [1.29, 1.82) is 0 Å². The Morgan fingerprint density at radius 3 is 2.57 bits per heavy atom. The van der Waals surface area contributed by atoms with Gasteiger partial charge in [0.05, 0.1) is 10.0 Å². The molecule has 0 aliphatic heterocycles. The van der Waals surface area contributed by atoms with E-state index in [1.807, 2.05) is 12.3 Å². The summed E-state index contributed by atoms with van der Waals surface area (Å²) in [5.41, 5.74) is 0.633. The van der Waals surface area contributed by atoms with Gasteiger partial charge in [0, 0.05) is 28.7 Å². The maximum Gasteiger partial charge on any atom is 0.251 e. The Morgan fingerprint density at radius 2 is 1.96 bits per heavy atom. The summed E-state index contributed by atoms with van der Waals surface area (Å²) in [5, 5.41) is 6.02. The van der Waals surface area contributed by atoms with Crippen molar-refractivity contribution in [1.82, 2.24) is 15.0 Å². The Hall–Kier alpha value is -1.48. The second kappa shape index (κ2) is 9.35. The largest absolute Gasteiger partial charge is 0.352 e. The molecule has 1 aromatic heterocycles. The molecule has 0 spiro atoms. The number of thiazole rings is 1. The van der Waals surface area contributed by atoms with Crippen LogP contribution in [0.15, 0.2) is 28.5 Å². The summed E-state index contributed by atoms with van der Waals surface area (Å²) >= 11 is 7.71. The summed E-state index contributed by atoms with van der Waals surface area (Å²) in [6, 6.07) is 4.26. The number of aryl methyl sites for hydroxylation is 2. The van der Waals surface area contributed by atoms with Crippen molar-refractivity contribution in [3.8, 4) is 0 Å². The van der Waals surface area contributed by atoms with E-state index in [4.69, 9.17) is 11.6 Å². The van der Waals surface area contributed by atoms with E-state index >= 15 is 0 Å². The van der Waals surface area contributed by atoms with Crippen LogP contribution in [0, 0.1) is 6.92 Å². The zero-order chi connectivity index (χ0) is 20.9. The molecule has 0 radical (unpaired) electrons. The molecular formula is C19H26ClN3O3S2. The van der Waals surface area contributed by atoms with Gasteiger partial charge < -0.3 is 5.32 Å². The number of carbonyl (C=O) groups is 1. The van der Waals surface area contributed by atoms with E-state index in [0.29, 0.717) is 6.54 Å². The first-order valence-corrected chi connectivity index (χ1v) is 11.7. The number of carbonyl (C=O) groups excluding carboxylic acids is 1. The van der Waals surface area contributed by atoms with Crippen LogP contribution in [-0.4, -0.2) is 31.4 Å². The standard InChI is InChI=1S/C19H26ClN3O3S2/c1-13-12-27-17(22-13)7-5-6-10-21-18(24)14-8-9-15(20)16(11-14)28(25,26)23-19(2,3)4/h8-9,11-12,23H,5-7,10H2,1-4H3,(H,21,24). The first kappa shape index (κ1) is 22.8. The first-order chi connectivity index (χ1) is 13.0. The van der Waals surface area contributed by atoms with Gasteiger partial charge in [-0.3, -0.25) is 4.79 Å². The Balaban J connectivity index is 1.94. The van der Waals surface area contributed by atoms with Gasteiger partial charge in [-0.2, -0.15) is 0 Å². The van der Waals surface area contributed by atoms with E-state index in [-0.39, 0.29) is 21.4 Å². The second-order valence-corrected chi connectivity index (χ2v) is 10.6. The average molecular weight is 444 g/mol. The Morgan fingerprint density at radius 1 is 1.25 bits per heavy atom. The van der Waals surface area contributed by atoms with Gasteiger partial charge in [0.25, 0.3) is 5.91 Å². The summed E-state index contributed by atoms with van der Waals surface area (Å²) in [7, 11) is -3.83. The van der Waals surface area contributed by atoms with Crippen LogP contribution in [0.3, 0.4) is 0 Å². The third-order valence-corrected chi connectivity index (χ3v) is 6.96. The fourth-order valence-electron chi connectivity index (χ4n) is 2.53. The highest BCUT2D eigenvalue weighted by Crippen LogP contribution is 2.24. The number of hydrogen-bond donors (Lipinski definition) is 2. The molecule has 0 aliphatic rings. The van der Waals surface area contributed by atoms with Crippen molar-refractivity contribution >= 4 is 38.9 Å². The molecular weight excluding hydrogens is 418 g/mol. The summed E-state index contributed by atoms with van der Waals surface area (Å²) in [4.78, 5) is 16.7. The molecule has 0 saturated carbocycles. The van der Waals surface area contributed by atoms with Crippen LogP contribution in [0.25, 0.3) is 0 Å². The van der Waals surface area contributed by atoms with Gasteiger partial charge in [0.15, 0.2) is 0 Å². The molecule has 0 fully saturated rings. The highest BCUT2D eigenvalue weighted by Gasteiger charge is 2.25. The molecule has 154 valence electrons. The number of rotatable bonds is 8. The minimum Gasteiger partial charge on any atom is -0.352 e. The number of aromatic nitrogens is 1. The lowest BCUT2D eigenvalue weighted by Crippen LogP contribution is -2.40. The maximum atomic E-state index is 12.5. The molecule has 0 saturated heterocycles. The topological polar surface area (TPSA) is 88.2 Å². The normalized spacial score (nSPS) is 12.2. The summed E-state index contributed by atoms with van der Waals surface area (Å²) < 4.78 is 27.6. The highest BCUT2D eigenvalue weighted by molar-refractivity contribution is 7.89. The van der Waals surface area contributed by atoms with Gasteiger partial charge in [-0.15, -0.1) is 11.3 Å². The molecule has 1 heterocycles. The number of unbranched alkanes of at least 4 members (excludes halogenated alkanes) is 1. The molecule has 0 bridgehead atoms. The lowest BCUT2D eigenvalue weighted by atomic mass is 10.1.